The average molecular weight is 342 g/mol. The van der Waals surface area contributed by atoms with E-state index in [1.54, 1.807) is 11.0 Å². The molecule has 1 aromatic carbocycles. The summed E-state index contributed by atoms with van der Waals surface area (Å²) in [7, 11) is 0. The number of para-hydroxylation sites is 1. The van der Waals surface area contributed by atoms with Crippen LogP contribution < -0.4 is 10.1 Å². The Bertz CT molecular complexity index is 722. The molecule has 5 heteroatoms. The van der Waals surface area contributed by atoms with Crippen LogP contribution in [0.25, 0.3) is 0 Å². The number of amides is 2. The molecule has 0 saturated carbocycles. The number of carbonyl (C=O) groups is 2. The number of ether oxygens (including phenoxy) is 1. The molecular weight excluding hydrogens is 316 g/mol. The summed E-state index contributed by atoms with van der Waals surface area (Å²) in [6.45, 7) is 11.8. The quantitative estimate of drug-likeness (QED) is 0.679. The summed E-state index contributed by atoms with van der Waals surface area (Å²) in [5, 5.41) is 2.98. The molecule has 2 heterocycles. The molecule has 1 aromatic rings. The van der Waals surface area contributed by atoms with Crippen LogP contribution in [0, 0.1) is 5.92 Å². The van der Waals surface area contributed by atoms with Crippen LogP contribution in [0.1, 0.15) is 45.6 Å². The van der Waals surface area contributed by atoms with Gasteiger partial charge in [-0.2, -0.15) is 0 Å². The van der Waals surface area contributed by atoms with E-state index >= 15 is 0 Å². The summed E-state index contributed by atoms with van der Waals surface area (Å²) in [6, 6.07) is 7.69. The fraction of sp³-hybridized carbons (Fsp3) is 0.500. The second kappa shape index (κ2) is 5.90. The van der Waals surface area contributed by atoms with Gasteiger partial charge in [-0.1, -0.05) is 24.3 Å². The van der Waals surface area contributed by atoms with Gasteiger partial charge >= 0.3 is 0 Å². The number of piperidine rings is 1. The Morgan fingerprint density at radius 2 is 2.12 bits per heavy atom. The van der Waals surface area contributed by atoms with Crippen LogP contribution in [0.4, 0.5) is 0 Å². The first-order valence-electron chi connectivity index (χ1n) is 8.68. The van der Waals surface area contributed by atoms with Crippen LogP contribution in [-0.2, 0) is 9.59 Å². The molecule has 1 saturated heterocycles. The first kappa shape index (κ1) is 17.5. The number of hydrogen-bond acceptors (Lipinski definition) is 3. The molecule has 3 unspecified atom stereocenters. The van der Waals surface area contributed by atoms with Crippen LogP contribution in [-0.4, -0.2) is 34.5 Å². The SMILES string of the molecule is C=CCN1C(=O)C(C(=O)NC(C)(C)C)C2CC1(C)Oc1ccccc12. The highest BCUT2D eigenvalue weighted by atomic mass is 16.5. The highest BCUT2D eigenvalue weighted by Crippen LogP contribution is 2.50. The van der Waals surface area contributed by atoms with E-state index in [1.807, 2.05) is 52.0 Å². The maximum absolute atomic E-state index is 13.2. The molecule has 3 atom stereocenters. The Balaban J connectivity index is 2.07. The van der Waals surface area contributed by atoms with E-state index in [4.69, 9.17) is 4.74 Å². The summed E-state index contributed by atoms with van der Waals surface area (Å²) in [5.74, 6) is -0.621. The molecule has 0 aromatic heterocycles. The number of carbonyl (C=O) groups excluding carboxylic acids is 2. The van der Waals surface area contributed by atoms with Gasteiger partial charge in [0.25, 0.3) is 0 Å². The van der Waals surface area contributed by atoms with Crippen molar-refractivity contribution in [3.05, 3.63) is 42.5 Å². The van der Waals surface area contributed by atoms with Gasteiger partial charge in [-0.3, -0.25) is 9.59 Å². The lowest BCUT2D eigenvalue weighted by Gasteiger charge is -2.52. The third kappa shape index (κ3) is 3.03. The monoisotopic (exact) mass is 342 g/mol. The number of nitrogens with zero attached hydrogens (tertiary/aromatic N) is 1. The number of likely N-dealkylation sites (tertiary alicyclic amines) is 1. The molecule has 0 radical (unpaired) electrons. The second-order valence-corrected chi connectivity index (χ2v) is 8.08. The van der Waals surface area contributed by atoms with E-state index in [2.05, 4.69) is 11.9 Å². The van der Waals surface area contributed by atoms with E-state index in [1.165, 1.54) is 0 Å². The van der Waals surface area contributed by atoms with Gasteiger partial charge in [0.05, 0.1) is 0 Å². The molecule has 134 valence electrons. The molecule has 3 rings (SSSR count). The number of fused-ring (bicyclic) bond motifs is 4. The summed E-state index contributed by atoms with van der Waals surface area (Å²) < 4.78 is 6.18. The van der Waals surface area contributed by atoms with E-state index in [9.17, 15) is 9.59 Å². The molecule has 25 heavy (non-hydrogen) atoms. The highest BCUT2D eigenvalue weighted by molar-refractivity contribution is 6.02. The lowest BCUT2D eigenvalue weighted by Crippen LogP contribution is -2.65. The van der Waals surface area contributed by atoms with Gasteiger partial charge in [-0.25, -0.2) is 0 Å². The van der Waals surface area contributed by atoms with E-state index in [-0.39, 0.29) is 17.7 Å². The van der Waals surface area contributed by atoms with Gasteiger partial charge in [-0.05, 0) is 39.3 Å². The van der Waals surface area contributed by atoms with Crippen molar-refractivity contribution in [3.8, 4) is 5.75 Å². The highest BCUT2D eigenvalue weighted by Gasteiger charge is 2.55. The maximum Gasteiger partial charge on any atom is 0.239 e. The first-order valence-corrected chi connectivity index (χ1v) is 8.68. The Labute approximate surface area is 149 Å². The molecule has 2 aliphatic rings. The molecule has 2 bridgehead atoms. The smallest absolute Gasteiger partial charge is 0.239 e. The van der Waals surface area contributed by atoms with Crippen LogP contribution >= 0.6 is 0 Å². The third-order valence-corrected chi connectivity index (χ3v) is 4.84. The van der Waals surface area contributed by atoms with Gasteiger partial charge in [0.2, 0.25) is 11.8 Å². The number of benzene rings is 1. The largest absolute Gasteiger partial charge is 0.468 e. The van der Waals surface area contributed by atoms with Gasteiger partial charge in [0.15, 0.2) is 5.72 Å². The zero-order valence-electron chi connectivity index (χ0n) is 15.3. The minimum absolute atomic E-state index is 0.189. The standard InChI is InChI=1S/C20H26N2O3/c1-6-11-22-18(24)16(17(23)21-19(2,3)4)14-12-20(22,5)25-15-10-8-7-9-13(14)15/h6-10,14,16H,1,11-12H2,2-5H3,(H,21,23). The lowest BCUT2D eigenvalue weighted by atomic mass is 9.73. The van der Waals surface area contributed by atoms with Crippen molar-refractivity contribution in [1.82, 2.24) is 10.2 Å². The molecule has 2 amide bonds. The Morgan fingerprint density at radius 3 is 2.76 bits per heavy atom. The van der Waals surface area contributed by atoms with Gasteiger partial charge in [0.1, 0.15) is 11.7 Å². The topological polar surface area (TPSA) is 58.6 Å². The van der Waals surface area contributed by atoms with Crippen LogP contribution in [0.15, 0.2) is 36.9 Å². The Kier molecular flexibility index (Phi) is 4.13. The average Bonchev–Trinajstić information content (AvgIpc) is 2.49. The van der Waals surface area contributed by atoms with E-state index < -0.39 is 17.2 Å². The predicted molar refractivity (Wildman–Crippen MR) is 96.1 cm³/mol. The molecule has 0 spiro atoms. The zero-order valence-corrected chi connectivity index (χ0v) is 15.3. The third-order valence-electron chi connectivity index (χ3n) is 4.84. The summed E-state index contributed by atoms with van der Waals surface area (Å²) in [4.78, 5) is 27.8. The fourth-order valence-corrected chi connectivity index (χ4v) is 3.87. The zero-order chi connectivity index (χ0) is 18.4. The molecule has 0 aliphatic carbocycles. The first-order chi connectivity index (χ1) is 11.7. The van der Waals surface area contributed by atoms with E-state index in [0.29, 0.717) is 13.0 Å². The van der Waals surface area contributed by atoms with Crippen molar-refractivity contribution in [2.24, 2.45) is 5.92 Å². The summed E-state index contributed by atoms with van der Waals surface area (Å²) in [6.07, 6.45) is 2.26. The minimum Gasteiger partial charge on any atom is -0.468 e. The Morgan fingerprint density at radius 1 is 1.44 bits per heavy atom. The number of hydrogen-bond donors (Lipinski definition) is 1. The molecule has 1 N–H and O–H groups in total. The molecule has 2 aliphatic heterocycles. The van der Waals surface area contributed by atoms with Crippen molar-refractivity contribution in [2.45, 2.75) is 51.3 Å². The minimum atomic E-state index is -0.761. The molecule has 5 nitrogen and oxygen atoms in total. The maximum atomic E-state index is 13.2. The van der Waals surface area contributed by atoms with Crippen LogP contribution in [0.2, 0.25) is 0 Å². The van der Waals surface area contributed by atoms with Crippen LogP contribution in [0.3, 0.4) is 0 Å². The van der Waals surface area contributed by atoms with Crippen molar-refractivity contribution in [2.75, 3.05) is 6.54 Å². The molecular formula is C20H26N2O3. The predicted octanol–water partition coefficient (Wildman–Crippen LogP) is 2.83. The second-order valence-electron chi connectivity index (χ2n) is 8.08. The van der Waals surface area contributed by atoms with Gasteiger partial charge in [-0.15, -0.1) is 6.58 Å². The van der Waals surface area contributed by atoms with Crippen molar-refractivity contribution >= 4 is 11.8 Å². The number of nitrogens with one attached hydrogen (secondary N) is 1. The lowest BCUT2D eigenvalue weighted by molar-refractivity contribution is -0.174. The van der Waals surface area contributed by atoms with Crippen LogP contribution in [0.5, 0.6) is 5.75 Å². The number of rotatable bonds is 3. The van der Waals surface area contributed by atoms with Gasteiger partial charge < -0.3 is 15.0 Å². The van der Waals surface area contributed by atoms with E-state index in [0.717, 1.165) is 11.3 Å². The Hall–Kier alpha value is -2.30. The summed E-state index contributed by atoms with van der Waals surface area (Å²) >= 11 is 0. The molecule has 1 fully saturated rings. The van der Waals surface area contributed by atoms with Gasteiger partial charge in [0, 0.05) is 24.4 Å². The normalized spacial score (nSPS) is 28.0. The van der Waals surface area contributed by atoms with Crippen molar-refractivity contribution < 1.29 is 14.3 Å². The fourth-order valence-electron chi connectivity index (χ4n) is 3.87. The summed E-state index contributed by atoms with van der Waals surface area (Å²) in [5.41, 5.74) is -0.227. The van der Waals surface area contributed by atoms with Crippen molar-refractivity contribution in [3.63, 3.8) is 0 Å². The van der Waals surface area contributed by atoms with Crippen molar-refractivity contribution in [1.29, 1.82) is 0 Å².